The summed E-state index contributed by atoms with van der Waals surface area (Å²) in [6.45, 7) is 2.35. The summed E-state index contributed by atoms with van der Waals surface area (Å²) in [6.07, 6.45) is 1.48. The molecule has 0 saturated carbocycles. The number of piperidine rings is 1. The Balaban J connectivity index is 1.50. The van der Waals surface area contributed by atoms with Crippen LogP contribution in [0.5, 0.6) is 0 Å². The highest BCUT2D eigenvalue weighted by Gasteiger charge is 2.25. The van der Waals surface area contributed by atoms with Crippen molar-refractivity contribution in [2.75, 3.05) is 18.4 Å². The zero-order chi connectivity index (χ0) is 16.9. The molecule has 0 aromatic heterocycles. The molecule has 1 aliphatic heterocycles. The van der Waals surface area contributed by atoms with Crippen LogP contribution >= 0.6 is 0 Å². The number of nitrogens with one attached hydrogen (secondary N) is 1. The molecule has 2 aromatic carbocycles. The summed E-state index contributed by atoms with van der Waals surface area (Å²) in [7, 11) is 0. The summed E-state index contributed by atoms with van der Waals surface area (Å²) < 4.78 is 26.5. The van der Waals surface area contributed by atoms with Crippen LogP contribution in [0.2, 0.25) is 0 Å². The number of carbonyl (C=O) groups excluding carboxylic acids is 1. The van der Waals surface area contributed by atoms with Crippen molar-refractivity contribution in [3.8, 4) is 0 Å². The zero-order valence-corrected chi connectivity index (χ0v) is 13.3. The van der Waals surface area contributed by atoms with Crippen LogP contribution in [0.3, 0.4) is 0 Å². The topological polar surface area (TPSA) is 32.3 Å². The number of benzene rings is 2. The van der Waals surface area contributed by atoms with E-state index in [-0.39, 0.29) is 23.3 Å². The molecule has 0 spiro atoms. The van der Waals surface area contributed by atoms with Gasteiger partial charge in [0.15, 0.2) is 0 Å². The molecule has 1 saturated heterocycles. The van der Waals surface area contributed by atoms with E-state index in [0.717, 1.165) is 38.0 Å². The number of likely N-dealkylation sites (tertiary alicyclic amines) is 1. The summed E-state index contributed by atoms with van der Waals surface area (Å²) >= 11 is 0. The van der Waals surface area contributed by atoms with E-state index in [0.29, 0.717) is 0 Å². The van der Waals surface area contributed by atoms with Crippen LogP contribution in [0.25, 0.3) is 0 Å². The van der Waals surface area contributed by atoms with Crippen molar-refractivity contribution < 1.29 is 13.6 Å². The molecule has 1 fully saturated rings. The van der Waals surface area contributed by atoms with Gasteiger partial charge in [0, 0.05) is 12.5 Å². The monoisotopic (exact) mass is 330 g/mol. The van der Waals surface area contributed by atoms with Crippen LogP contribution in [0.15, 0.2) is 48.5 Å². The minimum atomic E-state index is -0.417. The Kier molecular flexibility index (Phi) is 5.20. The van der Waals surface area contributed by atoms with Gasteiger partial charge in [-0.05, 0) is 55.8 Å². The Labute approximate surface area is 140 Å². The van der Waals surface area contributed by atoms with E-state index in [1.807, 2.05) is 0 Å². The first-order valence-electron chi connectivity index (χ1n) is 8.14. The van der Waals surface area contributed by atoms with Gasteiger partial charge in [0.1, 0.15) is 11.6 Å². The minimum Gasteiger partial charge on any atom is -0.323 e. The van der Waals surface area contributed by atoms with Crippen LogP contribution in [-0.4, -0.2) is 23.9 Å². The van der Waals surface area contributed by atoms with Crippen molar-refractivity contribution >= 4 is 11.6 Å². The molecule has 5 heteroatoms. The number of halogens is 2. The number of hydrogen-bond acceptors (Lipinski definition) is 2. The Hall–Kier alpha value is -2.27. The van der Waals surface area contributed by atoms with Crippen LogP contribution in [0, 0.1) is 17.6 Å². The third-order valence-corrected chi connectivity index (χ3v) is 4.41. The van der Waals surface area contributed by atoms with Crippen LogP contribution in [0.4, 0.5) is 14.5 Å². The third-order valence-electron chi connectivity index (χ3n) is 4.41. The highest BCUT2D eigenvalue weighted by molar-refractivity contribution is 5.92. The zero-order valence-electron chi connectivity index (χ0n) is 13.3. The third kappa shape index (κ3) is 4.17. The number of hydrogen-bond donors (Lipinski definition) is 1. The standard InChI is InChI=1S/C19H20F2N2O/c20-16-7-5-14(6-8-16)13-23-11-9-15(10-12-23)19(24)22-18-4-2-1-3-17(18)21/h1-8,15H,9-13H2,(H,22,24). The maximum absolute atomic E-state index is 13.6. The number of anilines is 1. The maximum Gasteiger partial charge on any atom is 0.227 e. The summed E-state index contributed by atoms with van der Waals surface area (Å²) in [4.78, 5) is 14.5. The average molecular weight is 330 g/mol. The van der Waals surface area contributed by atoms with Crippen LogP contribution in [0.1, 0.15) is 18.4 Å². The molecule has 0 bridgehead atoms. The fourth-order valence-electron chi connectivity index (χ4n) is 3.00. The first kappa shape index (κ1) is 16.6. The van der Waals surface area contributed by atoms with Crippen LogP contribution in [-0.2, 0) is 11.3 Å². The van der Waals surface area contributed by atoms with Gasteiger partial charge in [-0.15, -0.1) is 0 Å². The molecule has 0 radical (unpaired) electrons. The first-order valence-corrected chi connectivity index (χ1v) is 8.14. The van der Waals surface area contributed by atoms with Gasteiger partial charge in [-0.3, -0.25) is 9.69 Å². The van der Waals surface area contributed by atoms with Gasteiger partial charge >= 0.3 is 0 Å². The van der Waals surface area contributed by atoms with E-state index in [1.165, 1.54) is 18.2 Å². The lowest BCUT2D eigenvalue weighted by atomic mass is 9.95. The summed E-state index contributed by atoms with van der Waals surface area (Å²) in [5.74, 6) is -0.877. The Morgan fingerprint density at radius 2 is 1.71 bits per heavy atom. The lowest BCUT2D eigenvalue weighted by Gasteiger charge is -2.31. The highest BCUT2D eigenvalue weighted by Crippen LogP contribution is 2.22. The highest BCUT2D eigenvalue weighted by atomic mass is 19.1. The smallest absolute Gasteiger partial charge is 0.227 e. The summed E-state index contributed by atoms with van der Waals surface area (Å²) in [6, 6.07) is 12.7. The molecule has 3 rings (SSSR count). The van der Waals surface area contributed by atoms with Gasteiger partial charge in [-0.2, -0.15) is 0 Å². The predicted octanol–water partition coefficient (Wildman–Crippen LogP) is 3.82. The molecule has 1 aliphatic rings. The molecule has 0 aliphatic carbocycles. The molecular weight excluding hydrogens is 310 g/mol. The van der Waals surface area contributed by atoms with Crippen molar-refractivity contribution in [3.63, 3.8) is 0 Å². The molecule has 1 heterocycles. The Bertz CT molecular complexity index is 695. The molecule has 126 valence electrons. The number of amides is 1. The minimum absolute atomic E-state index is 0.103. The Morgan fingerprint density at radius 1 is 1.04 bits per heavy atom. The summed E-state index contributed by atoms with van der Waals surface area (Å²) in [5.41, 5.74) is 1.29. The molecule has 1 N–H and O–H groups in total. The molecule has 1 amide bonds. The van der Waals surface area contributed by atoms with Gasteiger partial charge in [-0.25, -0.2) is 8.78 Å². The fraction of sp³-hybridized carbons (Fsp3) is 0.316. The van der Waals surface area contributed by atoms with E-state index in [2.05, 4.69) is 10.2 Å². The van der Waals surface area contributed by atoms with Gasteiger partial charge in [-0.1, -0.05) is 24.3 Å². The SMILES string of the molecule is O=C(Nc1ccccc1F)C1CCN(Cc2ccc(F)cc2)CC1. The van der Waals surface area contributed by atoms with E-state index in [9.17, 15) is 13.6 Å². The van der Waals surface area contributed by atoms with Gasteiger partial charge in [0.05, 0.1) is 5.69 Å². The van der Waals surface area contributed by atoms with Gasteiger partial charge in [0.2, 0.25) is 5.91 Å². The Morgan fingerprint density at radius 3 is 2.38 bits per heavy atom. The summed E-state index contributed by atoms with van der Waals surface area (Å²) in [5, 5.41) is 2.68. The average Bonchev–Trinajstić information content (AvgIpc) is 2.59. The number of nitrogens with zero attached hydrogens (tertiary/aromatic N) is 1. The molecule has 24 heavy (non-hydrogen) atoms. The first-order chi connectivity index (χ1) is 11.6. The van der Waals surface area contributed by atoms with E-state index in [1.54, 1.807) is 30.3 Å². The van der Waals surface area contributed by atoms with E-state index < -0.39 is 5.82 Å². The number of para-hydroxylation sites is 1. The quantitative estimate of drug-likeness (QED) is 0.924. The van der Waals surface area contributed by atoms with Crippen molar-refractivity contribution in [1.82, 2.24) is 4.90 Å². The second-order valence-electron chi connectivity index (χ2n) is 6.15. The predicted molar refractivity (Wildman–Crippen MR) is 89.4 cm³/mol. The largest absolute Gasteiger partial charge is 0.323 e. The molecule has 2 aromatic rings. The second-order valence-corrected chi connectivity index (χ2v) is 6.15. The van der Waals surface area contributed by atoms with Crippen molar-refractivity contribution in [3.05, 3.63) is 65.7 Å². The fourth-order valence-corrected chi connectivity index (χ4v) is 3.00. The maximum atomic E-state index is 13.6. The molecule has 0 atom stereocenters. The van der Waals surface area contributed by atoms with Crippen molar-refractivity contribution in [2.24, 2.45) is 5.92 Å². The van der Waals surface area contributed by atoms with E-state index >= 15 is 0 Å². The number of carbonyl (C=O) groups is 1. The molecule has 3 nitrogen and oxygen atoms in total. The lowest BCUT2D eigenvalue weighted by molar-refractivity contribution is -0.121. The normalized spacial score (nSPS) is 16.1. The van der Waals surface area contributed by atoms with Crippen LogP contribution < -0.4 is 5.32 Å². The van der Waals surface area contributed by atoms with Gasteiger partial charge in [0.25, 0.3) is 0 Å². The van der Waals surface area contributed by atoms with Gasteiger partial charge < -0.3 is 5.32 Å². The van der Waals surface area contributed by atoms with Crippen molar-refractivity contribution in [2.45, 2.75) is 19.4 Å². The number of rotatable bonds is 4. The molecule has 0 unspecified atom stereocenters. The van der Waals surface area contributed by atoms with Crippen molar-refractivity contribution in [1.29, 1.82) is 0 Å². The lowest BCUT2D eigenvalue weighted by Crippen LogP contribution is -2.37. The second kappa shape index (κ2) is 7.53. The molecular formula is C19H20F2N2O. The van der Waals surface area contributed by atoms with E-state index in [4.69, 9.17) is 0 Å².